The van der Waals surface area contributed by atoms with Crippen LogP contribution in [0.1, 0.15) is 57.1 Å². The Morgan fingerprint density at radius 3 is 2.03 bits per heavy atom. The minimum Gasteiger partial charge on any atom is -0.480 e. The molecule has 7 heteroatoms. The predicted octanol–water partition coefficient (Wildman–Crippen LogP) is 4.56. The van der Waals surface area contributed by atoms with E-state index < -0.39 is 30.1 Å². The first-order chi connectivity index (χ1) is 16.8. The number of hydrogen-bond acceptors (Lipinski definition) is 4. The van der Waals surface area contributed by atoms with Gasteiger partial charge < -0.3 is 20.5 Å². The van der Waals surface area contributed by atoms with Crippen molar-refractivity contribution in [3.05, 3.63) is 59.7 Å². The van der Waals surface area contributed by atoms with Crippen LogP contribution in [0.25, 0.3) is 11.1 Å². The molecule has 0 aliphatic heterocycles. The van der Waals surface area contributed by atoms with Gasteiger partial charge in [-0.25, -0.2) is 9.59 Å². The summed E-state index contributed by atoms with van der Waals surface area (Å²) in [6.07, 6.45) is 1.87. The van der Waals surface area contributed by atoms with Gasteiger partial charge in [0.15, 0.2) is 0 Å². The van der Waals surface area contributed by atoms with Crippen molar-refractivity contribution in [1.29, 1.82) is 0 Å². The molecule has 0 heterocycles. The SMILES string of the molecule is CC(C)C(C(=O)NC(CC1CC1)C(=O)O)C(C)NC(=O)OCC1c2ccccc2-c2ccccc21. The first-order valence-corrected chi connectivity index (χ1v) is 12.4. The maximum absolute atomic E-state index is 13.0. The first-order valence-electron chi connectivity index (χ1n) is 12.4. The Balaban J connectivity index is 1.37. The predicted molar refractivity (Wildman–Crippen MR) is 133 cm³/mol. The van der Waals surface area contributed by atoms with Crippen LogP contribution in [-0.2, 0) is 14.3 Å². The molecule has 2 aliphatic carbocycles. The van der Waals surface area contributed by atoms with Crippen LogP contribution in [0.15, 0.2) is 48.5 Å². The van der Waals surface area contributed by atoms with Gasteiger partial charge in [-0.1, -0.05) is 75.2 Å². The molecule has 2 aromatic rings. The number of carbonyl (C=O) groups excluding carboxylic acids is 2. The maximum atomic E-state index is 13.0. The number of alkyl carbamates (subject to hydrolysis) is 1. The summed E-state index contributed by atoms with van der Waals surface area (Å²) >= 11 is 0. The average molecular weight is 479 g/mol. The van der Waals surface area contributed by atoms with Gasteiger partial charge in [-0.2, -0.15) is 0 Å². The lowest BCUT2D eigenvalue weighted by Gasteiger charge is -2.28. The summed E-state index contributed by atoms with van der Waals surface area (Å²) in [6, 6.07) is 14.8. The van der Waals surface area contributed by atoms with Gasteiger partial charge in [0.1, 0.15) is 12.6 Å². The molecule has 4 rings (SSSR count). The highest BCUT2D eigenvalue weighted by atomic mass is 16.5. The summed E-state index contributed by atoms with van der Waals surface area (Å²) < 4.78 is 5.62. The lowest BCUT2D eigenvalue weighted by atomic mass is 9.88. The van der Waals surface area contributed by atoms with Gasteiger partial charge in [0, 0.05) is 12.0 Å². The molecule has 3 atom stereocenters. The Labute approximate surface area is 206 Å². The monoisotopic (exact) mass is 478 g/mol. The largest absolute Gasteiger partial charge is 0.480 e. The molecule has 0 aromatic heterocycles. The molecule has 2 aromatic carbocycles. The van der Waals surface area contributed by atoms with Crippen molar-refractivity contribution in [3.63, 3.8) is 0 Å². The number of aliphatic carboxylic acids is 1. The quantitative estimate of drug-likeness (QED) is 0.465. The fourth-order valence-corrected chi connectivity index (χ4v) is 5.20. The molecule has 0 saturated heterocycles. The van der Waals surface area contributed by atoms with E-state index in [-0.39, 0.29) is 24.3 Å². The van der Waals surface area contributed by atoms with Crippen molar-refractivity contribution in [2.45, 2.75) is 58.0 Å². The number of benzene rings is 2. The molecular weight excluding hydrogens is 444 g/mol. The van der Waals surface area contributed by atoms with Gasteiger partial charge in [0.2, 0.25) is 5.91 Å². The van der Waals surface area contributed by atoms with E-state index in [1.54, 1.807) is 6.92 Å². The van der Waals surface area contributed by atoms with Crippen molar-refractivity contribution < 1.29 is 24.2 Å². The van der Waals surface area contributed by atoms with E-state index in [0.717, 1.165) is 35.1 Å². The second-order valence-electron chi connectivity index (χ2n) is 10.1. The molecule has 0 bridgehead atoms. The molecule has 3 unspecified atom stereocenters. The van der Waals surface area contributed by atoms with E-state index in [1.807, 2.05) is 38.1 Å². The number of hydrogen-bond donors (Lipinski definition) is 3. The zero-order valence-electron chi connectivity index (χ0n) is 20.5. The number of carboxylic acids is 1. The molecule has 1 saturated carbocycles. The van der Waals surface area contributed by atoms with Crippen LogP contribution < -0.4 is 10.6 Å². The highest BCUT2D eigenvalue weighted by molar-refractivity contribution is 5.86. The minimum atomic E-state index is -1.02. The molecule has 0 radical (unpaired) electrons. The minimum absolute atomic E-state index is 0.0496. The van der Waals surface area contributed by atoms with Gasteiger partial charge in [-0.05, 0) is 47.4 Å². The van der Waals surface area contributed by atoms with Crippen LogP contribution in [0, 0.1) is 17.8 Å². The van der Waals surface area contributed by atoms with E-state index in [9.17, 15) is 19.5 Å². The highest BCUT2D eigenvalue weighted by Gasteiger charge is 2.35. The fourth-order valence-electron chi connectivity index (χ4n) is 5.20. The molecule has 1 fully saturated rings. The number of carbonyl (C=O) groups is 3. The number of nitrogens with one attached hydrogen (secondary N) is 2. The average Bonchev–Trinajstić information content (AvgIpc) is 3.57. The summed E-state index contributed by atoms with van der Waals surface area (Å²) in [5.74, 6) is -1.76. The van der Waals surface area contributed by atoms with Crippen LogP contribution in [-0.4, -0.2) is 41.8 Å². The number of carboxylic acid groups (broad SMARTS) is 1. The zero-order chi connectivity index (χ0) is 25.1. The van der Waals surface area contributed by atoms with Gasteiger partial charge in [0.25, 0.3) is 0 Å². The Morgan fingerprint density at radius 1 is 0.943 bits per heavy atom. The topological polar surface area (TPSA) is 105 Å². The van der Waals surface area contributed by atoms with Crippen molar-refractivity contribution in [2.75, 3.05) is 6.61 Å². The first kappa shape index (κ1) is 24.8. The van der Waals surface area contributed by atoms with Crippen molar-refractivity contribution in [3.8, 4) is 11.1 Å². The van der Waals surface area contributed by atoms with E-state index in [1.165, 1.54) is 0 Å². The third kappa shape index (κ3) is 5.66. The molecule has 35 heavy (non-hydrogen) atoms. The van der Waals surface area contributed by atoms with Gasteiger partial charge in [-0.3, -0.25) is 4.79 Å². The van der Waals surface area contributed by atoms with Crippen molar-refractivity contribution in [2.24, 2.45) is 17.8 Å². The van der Waals surface area contributed by atoms with Crippen LogP contribution in [0.5, 0.6) is 0 Å². The van der Waals surface area contributed by atoms with Crippen molar-refractivity contribution in [1.82, 2.24) is 10.6 Å². The number of fused-ring (bicyclic) bond motifs is 3. The molecular formula is C28H34N2O5. The Kier molecular flexibility index (Phi) is 7.43. The summed E-state index contributed by atoms with van der Waals surface area (Å²) in [5.41, 5.74) is 4.57. The second-order valence-corrected chi connectivity index (χ2v) is 10.1. The third-order valence-electron chi connectivity index (χ3n) is 7.13. The van der Waals surface area contributed by atoms with Crippen LogP contribution in [0.4, 0.5) is 4.79 Å². The van der Waals surface area contributed by atoms with Gasteiger partial charge in [-0.15, -0.1) is 0 Å². The van der Waals surface area contributed by atoms with Gasteiger partial charge in [0.05, 0.1) is 5.92 Å². The molecule has 0 spiro atoms. The summed E-state index contributed by atoms with van der Waals surface area (Å²) in [5, 5.41) is 15.0. The normalized spacial score (nSPS) is 17.1. The van der Waals surface area contributed by atoms with E-state index in [2.05, 4.69) is 34.9 Å². The fraction of sp³-hybridized carbons (Fsp3) is 0.464. The summed E-state index contributed by atoms with van der Waals surface area (Å²) in [7, 11) is 0. The second kappa shape index (κ2) is 10.5. The van der Waals surface area contributed by atoms with Crippen LogP contribution >= 0.6 is 0 Å². The Hall–Kier alpha value is -3.35. The van der Waals surface area contributed by atoms with Crippen molar-refractivity contribution >= 4 is 18.0 Å². The number of amides is 2. The lowest BCUT2D eigenvalue weighted by molar-refractivity contribution is -0.143. The number of ether oxygens (including phenoxy) is 1. The van der Waals surface area contributed by atoms with Gasteiger partial charge >= 0.3 is 12.1 Å². The summed E-state index contributed by atoms with van der Waals surface area (Å²) in [6.45, 7) is 5.71. The standard InChI is InChI=1S/C28H34N2O5/c1-16(2)25(26(31)30-24(27(32)33)14-18-12-13-18)17(3)29-28(34)35-15-23-21-10-6-4-8-19(21)20-9-5-7-11-22(20)23/h4-11,16-18,23-25H,12-15H2,1-3H3,(H,29,34)(H,30,31)(H,32,33). The summed E-state index contributed by atoms with van der Waals surface area (Å²) in [4.78, 5) is 37.3. The van der Waals surface area contributed by atoms with E-state index >= 15 is 0 Å². The molecule has 7 nitrogen and oxygen atoms in total. The maximum Gasteiger partial charge on any atom is 0.407 e. The van der Waals surface area contributed by atoms with E-state index in [0.29, 0.717) is 12.3 Å². The third-order valence-corrected chi connectivity index (χ3v) is 7.13. The molecule has 186 valence electrons. The zero-order valence-corrected chi connectivity index (χ0v) is 20.5. The highest BCUT2D eigenvalue weighted by Crippen LogP contribution is 2.44. The van der Waals surface area contributed by atoms with E-state index in [4.69, 9.17) is 4.74 Å². The number of rotatable bonds is 10. The van der Waals surface area contributed by atoms with Crippen LogP contribution in [0.3, 0.4) is 0 Å². The lowest BCUT2D eigenvalue weighted by Crippen LogP contribution is -2.51. The molecule has 2 amide bonds. The smallest absolute Gasteiger partial charge is 0.407 e. The Morgan fingerprint density at radius 2 is 1.51 bits per heavy atom. The molecule has 2 aliphatic rings. The molecule has 3 N–H and O–H groups in total. The Bertz CT molecular complexity index is 1050. The van der Waals surface area contributed by atoms with Crippen LogP contribution in [0.2, 0.25) is 0 Å².